The monoisotopic (exact) mass is 1130 g/mol. The average Bonchev–Trinajstić information content (AvgIpc) is 4.15. The first-order valence-electron chi connectivity index (χ1n) is 20.9. The number of aliphatic hydroxyl groups is 4. The van der Waals surface area contributed by atoms with Gasteiger partial charge in [0.05, 0.1) is 46.1 Å². The molecule has 42 heteroatoms. The molecule has 0 aliphatic carbocycles. The van der Waals surface area contributed by atoms with Crippen molar-refractivity contribution in [1.82, 2.24) is 53.6 Å². The van der Waals surface area contributed by atoms with E-state index < -0.39 is 137 Å². The lowest BCUT2D eigenvalue weighted by atomic mass is 10.1. The third-order valence-electron chi connectivity index (χ3n) is 10.9. The standard InChI is InChI=1S/C32H44N14O24P4/c1-43-12-46(27-19(43)29(52)38-9-37-27)16(4-48)65-13(3-47)5-62-72(55,56)69-74(59,60)70-73(57,58)64-7-15-22(23(61-2)31(67-15)44-10-39-17-24(33)35-8-36-25(17)44)68-71(53,54)63-6-14-20(49)21(50)30(66-14)45-11-40-18-26(45)41-32(34)42-28(18)51/h8-16,20-23,30-31,47-50H,3-7H2,1-2H3,(H9-,33,34,35,36,37,38,41,42,51,52,53,54,55,56,57,58,59,60)/p+1/t13-,14+,15+,16+,20?,21-,22?,23-,30+,31+/m0/s1. The van der Waals surface area contributed by atoms with Crippen molar-refractivity contribution in [2.45, 2.75) is 61.4 Å². The van der Waals surface area contributed by atoms with Gasteiger partial charge in [-0.25, -0.2) is 42.8 Å². The van der Waals surface area contributed by atoms with Crippen molar-refractivity contribution >= 4 is 76.5 Å². The molecule has 8 rings (SSSR count). The van der Waals surface area contributed by atoms with Gasteiger partial charge in [0.25, 0.3) is 11.1 Å². The van der Waals surface area contributed by atoms with Gasteiger partial charge in [0.2, 0.25) is 17.7 Å². The third-order valence-corrected chi connectivity index (χ3v) is 16.1. The number of methoxy groups -OCH3 is 1. The Bertz CT molecular complexity index is 3340. The predicted octanol–water partition coefficient (Wildman–Crippen LogP) is -4.04. The van der Waals surface area contributed by atoms with E-state index in [1.165, 1.54) is 27.1 Å². The third kappa shape index (κ3) is 11.7. The summed E-state index contributed by atoms with van der Waals surface area (Å²) in [5.41, 5.74) is 10.1. The molecule has 2 saturated heterocycles. The normalized spacial score (nSPS) is 26.5. The molecule has 2 aliphatic rings. The maximum atomic E-state index is 13.7. The Morgan fingerprint density at radius 3 is 2.12 bits per heavy atom. The van der Waals surface area contributed by atoms with Gasteiger partial charge in [-0.05, 0) is 0 Å². The minimum absolute atomic E-state index is 0.0102. The van der Waals surface area contributed by atoms with Crippen LogP contribution in [-0.4, -0.2) is 176 Å². The molecule has 0 aromatic carbocycles. The molecule has 406 valence electrons. The van der Waals surface area contributed by atoms with Crippen molar-refractivity contribution in [2.75, 3.05) is 51.6 Å². The maximum absolute atomic E-state index is 13.7. The number of fused-ring (bicyclic) bond motifs is 3. The van der Waals surface area contributed by atoms with Crippen LogP contribution in [0.25, 0.3) is 33.5 Å². The second kappa shape index (κ2) is 21.6. The van der Waals surface area contributed by atoms with Gasteiger partial charge in [-0.2, -0.15) is 13.6 Å². The van der Waals surface area contributed by atoms with Crippen LogP contribution in [0.5, 0.6) is 0 Å². The van der Waals surface area contributed by atoms with Gasteiger partial charge in [-0.3, -0.25) is 51.4 Å². The Labute approximate surface area is 410 Å². The maximum Gasteiger partial charge on any atom is 0.490 e. The highest BCUT2D eigenvalue weighted by atomic mass is 31.3. The number of nitrogens with one attached hydrogen (secondary N) is 2. The number of ether oxygens (including phenoxy) is 4. The van der Waals surface area contributed by atoms with E-state index in [1.54, 1.807) is 0 Å². The highest BCUT2D eigenvalue weighted by Gasteiger charge is 2.53. The number of imidazole rings is 3. The van der Waals surface area contributed by atoms with Gasteiger partial charge >= 0.3 is 36.9 Å². The Balaban J connectivity index is 0.932. The fourth-order valence-electron chi connectivity index (χ4n) is 7.70. The summed E-state index contributed by atoms with van der Waals surface area (Å²) in [4.78, 5) is 95.4. The van der Waals surface area contributed by atoms with Gasteiger partial charge < -0.3 is 70.4 Å². The molecule has 2 fully saturated rings. The highest BCUT2D eigenvalue weighted by Crippen LogP contribution is 2.68. The predicted molar refractivity (Wildman–Crippen MR) is 237 cm³/mol. The Hall–Kier alpha value is -4.95. The van der Waals surface area contributed by atoms with Crippen LogP contribution < -0.4 is 27.2 Å². The first-order valence-corrected chi connectivity index (χ1v) is 26.9. The zero-order valence-corrected chi connectivity index (χ0v) is 41.3. The van der Waals surface area contributed by atoms with E-state index in [4.69, 9.17) is 44.0 Å². The lowest BCUT2D eigenvalue weighted by Gasteiger charge is -2.26. The molecule has 6 aromatic rings. The van der Waals surface area contributed by atoms with Crippen LogP contribution in [0, 0.1) is 0 Å². The van der Waals surface area contributed by atoms with E-state index in [2.05, 4.69) is 53.0 Å². The molecule has 6 unspecified atom stereocenters. The van der Waals surface area contributed by atoms with Crippen molar-refractivity contribution in [3.05, 3.63) is 52.3 Å². The summed E-state index contributed by atoms with van der Waals surface area (Å²) >= 11 is 0. The minimum atomic E-state index is -6.18. The van der Waals surface area contributed by atoms with Crippen LogP contribution in [0.4, 0.5) is 11.8 Å². The largest absolute Gasteiger partial charge is 0.490 e. The lowest BCUT2D eigenvalue weighted by Crippen LogP contribution is -2.46. The molecule has 14 N–H and O–H groups in total. The van der Waals surface area contributed by atoms with Gasteiger partial charge in [0.1, 0.15) is 61.2 Å². The number of phosphoric acid groups is 4. The van der Waals surface area contributed by atoms with Crippen molar-refractivity contribution in [3.63, 3.8) is 0 Å². The molecule has 0 saturated carbocycles. The summed E-state index contributed by atoms with van der Waals surface area (Å²) in [6.45, 7) is -5.11. The molecular formula is C32H45N14O24P4+. The number of nitrogens with two attached hydrogens (primary N) is 2. The molecule has 2 aliphatic heterocycles. The number of aliphatic hydroxyl groups excluding tert-OH is 4. The van der Waals surface area contributed by atoms with Crippen LogP contribution in [0.1, 0.15) is 18.7 Å². The number of H-pyrrole nitrogens is 2. The topological polar surface area (TPSA) is 536 Å². The first-order chi connectivity index (χ1) is 34.8. The Morgan fingerprint density at radius 1 is 0.784 bits per heavy atom. The van der Waals surface area contributed by atoms with E-state index in [9.17, 15) is 67.8 Å². The first kappa shape index (κ1) is 55.3. The number of nitrogen functional groups attached to an aromatic ring is 2. The number of nitrogens with zero attached hydrogens (tertiary/aromatic N) is 10. The molecular weight excluding hydrogens is 1090 g/mol. The number of hydrogen-bond donors (Lipinski definition) is 12. The summed E-state index contributed by atoms with van der Waals surface area (Å²) in [6.07, 6.45) is -10.7. The molecule has 0 bridgehead atoms. The SMILES string of the molecule is CO[C@H]1C(OP(=O)(O)OC[C@H]2O[C@@H](n3cnc4c(=O)[nH]c(N)nc43)[C@@H](O)C2O)[C@@H](COP(=O)(O)OP(=O)(O)OP(=O)(O)OC[C@H](CO)O[C@H](CO)[n+]2cn(C)c3c(=O)[nH]cnc32)O[C@H]1n1cnc2c(N)ncnc21. The van der Waals surface area contributed by atoms with E-state index in [0.717, 1.165) is 37.0 Å². The number of rotatable bonds is 23. The van der Waals surface area contributed by atoms with E-state index in [1.807, 2.05) is 0 Å². The molecule has 0 spiro atoms. The zero-order valence-electron chi connectivity index (χ0n) is 37.7. The summed E-state index contributed by atoms with van der Waals surface area (Å²) in [5, 5.41) is 41.6. The summed E-state index contributed by atoms with van der Waals surface area (Å²) in [5.74, 6) is -0.399. The number of hydrogen-bond acceptors (Lipinski definition) is 28. The second-order valence-corrected chi connectivity index (χ2v) is 21.8. The molecule has 6 aromatic heterocycles. The van der Waals surface area contributed by atoms with Crippen molar-refractivity contribution < 1.29 is 108 Å². The quantitative estimate of drug-likeness (QED) is 0.0215. The second-order valence-electron chi connectivity index (χ2n) is 15.8. The van der Waals surface area contributed by atoms with Crippen LogP contribution in [0.3, 0.4) is 0 Å². The molecule has 38 nitrogen and oxygen atoms in total. The number of aromatic amines is 2. The minimum Gasteiger partial charge on any atom is -0.394 e. The average molecular weight is 1130 g/mol. The molecule has 0 amide bonds. The van der Waals surface area contributed by atoms with Crippen LogP contribution in [-0.2, 0) is 71.0 Å². The number of anilines is 2. The fraction of sp³-hybridized carbons (Fsp3) is 0.531. The lowest BCUT2D eigenvalue weighted by molar-refractivity contribution is -0.746. The molecule has 74 heavy (non-hydrogen) atoms. The summed E-state index contributed by atoms with van der Waals surface area (Å²) < 4.78 is 109. The summed E-state index contributed by atoms with van der Waals surface area (Å²) in [7, 11) is -20.8. The van der Waals surface area contributed by atoms with Crippen molar-refractivity contribution in [3.8, 4) is 0 Å². The number of phosphoric ester groups is 3. The van der Waals surface area contributed by atoms with Gasteiger partial charge in [-0.15, -0.1) is 0 Å². The van der Waals surface area contributed by atoms with Crippen molar-refractivity contribution in [1.29, 1.82) is 0 Å². The smallest absolute Gasteiger partial charge is 0.394 e. The van der Waals surface area contributed by atoms with Crippen molar-refractivity contribution in [2.24, 2.45) is 7.05 Å². The van der Waals surface area contributed by atoms with E-state index in [0.29, 0.717) is 0 Å². The van der Waals surface area contributed by atoms with Crippen LogP contribution in [0.2, 0.25) is 0 Å². The summed E-state index contributed by atoms with van der Waals surface area (Å²) in [6, 6.07) is 0. The Morgan fingerprint density at radius 2 is 1.43 bits per heavy atom. The fourth-order valence-corrected chi connectivity index (χ4v) is 12.2. The van der Waals surface area contributed by atoms with Gasteiger partial charge in [0.15, 0.2) is 47.7 Å². The van der Waals surface area contributed by atoms with Gasteiger partial charge in [0, 0.05) is 7.11 Å². The molecule has 8 heterocycles. The zero-order chi connectivity index (χ0) is 53.7. The Kier molecular flexibility index (Phi) is 16.1. The molecule has 0 radical (unpaired) electrons. The number of aromatic nitrogens is 12. The number of aryl methyl sites for hydroxylation is 1. The van der Waals surface area contributed by atoms with Crippen LogP contribution >= 0.6 is 31.3 Å². The molecule has 14 atom stereocenters. The van der Waals surface area contributed by atoms with E-state index in [-0.39, 0.29) is 45.3 Å². The van der Waals surface area contributed by atoms with Crippen LogP contribution in [0.15, 0.2) is 41.2 Å². The highest BCUT2D eigenvalue weighted by molar-refractivity contribution is 7.66. The van der Waals surface area contributed by atoms with Gasteiger partial charge in [-0.1, -0.05) is 4.98 Å². The van der Waals surface area contributed by atoms with E-state index >= 15 is 0 Å².